The fraction of sp³-hybridized carbons (Fsp3) is 0.323. The third kappa shape index (κ3) is 7.48. The first-order valence-corrected chi connectivity index (χ1v) is 13.3. The van der Waals surface area contributed by atoms with Crippen LogP contribution in [0.2, 0.25) is 0 Å². The molecule has 0 bridgehead atoms. The predicted octanol–water partition coefficient (Wildman–Crippen LogP) is 6.17. The normalized spacial score (nSPS) is 19.2. The number of benzene rings is 3. The monoisotopic (exact) mass is 642 g/mol. The molecule has 1 saturated heterocycles. The number of aliphatic carboxylic acids is 1. The zero-order chi connectivity index (χ0) is 31.7. The fourth-order valence-electron chi connectivity index (χ4n) is 5.46. The summed E-state index contributed by atoms with van der Waals surface area (Å²) in [7, 11) is 0. The molecule has 3 aromatic rings. The minimum absolute atomic E-state index is 0. The van der Waals surface area contributed by atoms with E-state index in [9.17, 15) is 45.8 Å². The number of carboxylic acids is 1. The van der Waals surface area contributed by atoms with E-state index in [1.807, 2.05) is 26.0 Å². The van der Waals surface area contributed by atoms with Crippen molar-refractivity contribution in [2.75, 3.05) is 13.1 Å². The highest BCUT2D eigenvalue weighted by Gasteiger charge is 2.48. The number of nitrogens with one attached hydrogen (secondary N) is 1. The van der Waals surface area contributed by atoms with Gasteiger partial charge in [-0.25, -0.2) is 0 Å². The molecule has 1 heterocycles. The van der Waals surface area contributed by atoms with Crippen molar-refractivity contribution in [1.29, 1.82) is 0 Å². The molecule has 0 radical (unpaired) electrons. The number of hydrogen-bond acceptors (Lipinski definition) is 5. The highest BCUT2D eigenvalue weighted by molar-refractivity contribution is 6.05. The van der Waals surface area contributed by atoms with Crippen LogP contribution < -0.4 is 5.32 Å². The molecule has 2 N–H and O–H groups in total. The molecular weight excluding hydrogens is 614 g/mol. The molecule has 0 saturated carbocycles. The summed E-state index contributed by atoms with van der Waals surface area (Å²) in [5.74, 6) is -3.75. The highest BCUT2D eigenvalue weighted by Crippen LogP contribution is 2.36. The molecule has 0 aromatic heterocycles. The Morgan fingerprint density at radius 2 is 1.34 bits per heavy atom. The summed E-state index contributed by atoms with van der Waals surface area (Å²) >= 11 is 0. The zero-order valence-electron chi connectivity index (χ0n) is 23.5. The first kappa shape index (κ1) is 34.7. The summed E-state index contributed by atoms with van der Waals surface area (Å²) in [5.41, 5.74) is -1.44. The molecule has 0 spiro atoms. The summed E-state index contributed by atoms with van der Waals surface area (Å²) in [5, 5.41) is 12.8. The molecular formula is C31H29ClF6N2O4. The second-order valence-electron chi connectivity index (χ2n) is 10.5. The van der Waals surface area contributed by atoms with E-state index in [1.54, 1.807) is 6.07 Å². The number of aryl methyl sites for hydroxylation is 2. The van der Waals surface area contributed by atoms with Gasteiger partial charge in [0, 0.05) is 23.7 Å². The lowest BCUT2D eigenvalue weighted by Crippen LogP contribution is -2.68. The van der Waals surface area contributed by atoms with E-state index in [-0.39, 0.29) is 25.4 Å². The van der Waals surface area contributed by atoms with Crippen molar-refractivity contribution in [3.63, 3.8) is 0 Å². The standard InChI is InChI=1S/C31H28F6N2O4.ClH/c1-17-11-12-19(13-18(17)2)14-24-27(29(43)21-8-4-6-10-23(21)31(35,36)37)39(16-26(40)41)25(15-38-24)28(42)20-7-3-5-9-22(20)30(32,33)34;/h3-13,24-25,27,38H,14-16H2,1-2H3,(H,40,41);1H. The van der Waals surface area contributed by atoms with Crippen LogP contribution in [0.15, 0.2) is 66.7 Å². The summed E-state index contributed by atoms with van der Waals surface area (Å²) in [6.45, 7) is 2.39. The van der Waals surface area contributed by atoms with Gasteiger partial charge in [-0.1, -0.05) is 54.6 Å². The van der Waals surface area contributed by atoms with Crippen LogP contribution in [0.3, 0.4) is 0 Å². The number of Topliss-reactive ketones (excluding diaryl/α,β-unsaturated/α-hetero) is 2. The van der Waals surface area contributed by atoms with Gasteiger partial charge in [0.05, 0.1) is 29.8 Å². The second kappa shape index (κ2) is 13.5. The van der Waals surface area contributed by atoms with Gasteiger partial charge in [-0.05, 0) is 49.1 Å². The molecule has 44 heavy (non-hydrogen) atoms. The number of piperazine rings is 1. The largest absolute Gasteiger partial charge is 0.480 e. The van der Waals surface area contributed by atoms with Gasteiger partial charge in [0.1, 0.15) is 0 Å². The molecule has 1 fully saturated rings. The van der Waals surface area contributed by atoms with E-state index >= 15 is 0 Å². The van der Waals surface area contributed by atoms with Crippen LogP contribution in [0.4, 0.5) is 26.3 Å². The molecule has 6 nitrogen and oxygen atoms in total. The van der Waals surface area contributed by atoms with Gasteiger partial charge in [-0.2, -0.15) is 26.3 Å². The van der Waals surface area contributed by atoms with E-state index in [4.69, 9.17) is 0 Å². The third-order valence-electron chi connectivity index (χ3n) is 7.62. The molecule has 1 aliphatic rings. The van der Waals surface area contributed by atoms with Gasteiger partial charge in [0.15, 0.2) is 11.6 Å². The minimum atomic E-state index is -4.93. The lowest BCUT2D eigenvalue weighted by molar-refractivity contribution is -0.140. The number of ketones is 2. The first-order chi connectivity index (χ1) is 20.1. The highest BCUT2D eigenvalue weighted by atomic mass is 35.5. The lowest BCUT2D eigenvalue weighted by atomic mass is 9.84. The average Bonchev–Trinajstić information content (AvgIpc) is 2.93. The Hall–Kier alpha value is -3.74. The Balaban J connectivity index is 0.00000529. The van der Waals surface area contributed by atoms with Crippen LogP contribution in [-0.2, 0) is 23.6 Å². The minimum Gasteiger partial charge on any atom is -0.480 e. The summed E-state index contributed by atoms with van der Waals surface area (Å²) in [6.07, 6.45) is -9.79. The Kier molecular flexibility index (Phi) is 10.7. The van der Waals surface area contributed by atoms with Gasteiger partial charge >= 0.3 is 18.3 Å². The van der Waals surface area contributed by atoms with Gasteiger partial charge < -0.3 is 10.4 Å². The van der Waals surface area contributed by atoms with E-state index in [0.29, 0.717) is 17.7 Å². The van der Waals surface area contributed by atoms with Crippen LogP contribution >= 0.6 is 12.4 Å². The van der Waals surface area contributed by atoms with Crippen molar-refractivity contribution >= 4 is 29.9 Å². The number of carbonyl (C=O) groups is 3. The van der Waals surface area contributed by atoms with E-state index in [2.05, 4.69) is 5.32 Å². The smallest absolute Gasteiger partial charge is 0.417 e. The van der Waals surface area contributed by atoms with Crippen LogP contribution in [0.5, 0.6) is 0 Å². The number of rotatable bonds is 8. The Morgan fingerprint density at radius 3 is 1.84 bits per heavy atom. The number of hydrogen-bond donors (Lipinski definition) is 2. The molecule has 0 aliphatic carbocycles. The number of carboxylic acid groups (broad SMARTS) is 1. The molecule has 0 amide bonds. The maximum Gasteiger partial charge on any atom is 0.417 e. The van der Waals surface area contributed by atoms with Crippen LogP contribution in [0, 0.1) is 13.8 Å². The maximum absolute atomic E-state index is 14.0. The Labute approximate surface area is 255 Å². The van der Waals surface area contributed by atoms with Crippen molar-refractivity contribution in [3.8, 4) is 0 Å². The van der Waals surface area contributed by atoms with E-state index < -0.39 is 76.8 Å². The molecule has 236 valence electrons. The number of nitrogens with zero attached hydrogens (tertiary/aromatic N) is 1. The number of carbonyl (C=O) groups excluding carboxylic acids is 2. The molecule has 4 rings (SSSR count). The predicted molar refractivity (Wildman–Crippen MR) is 152 cm³/mol. The molecule has 3 aromatic carbocycles. The van der Waals surface area contributed by atoms with Crippen LogP contribution in [0.25, 0.3) is 0 Å². The third-order valence-corrected chi connectivity index (χ3v) is 7.62. The van der Waals surface area contributed by atoms with Gasteiger partial charge in [-0.3, -0.25) is 19.3 Å². The lowest BCUT2D eigenvalue weighted by Gasteiger charge is -2.45. The number of halogens is 7. The Bertz CT molecular complexity index is 1540. The van der Waals surface area contributed by atoms with Crippen LogP contribution in [0.1, 0.15) is 48.5 Å². The second-order valence-corrected chi connectivity index (χ2v) is 10.5. The van der Waals surface area contributed by atoms with Gasteiger partial charge in [0.2, 0.25) is 0 Å². The van der Waals surface area contributed by atoms with Crippen molar-refractivity contribution in [3.05, 3.63) is 106 Å². The summed E-state index contributed by atoms with van der Waals surface area (Å²) in [4.78, 5) is 40.7. The zero-order valence-corrected chi connectivity index (χ0v) is 24.3. The Morgan fingerprint density at radius 1 is 0.818 bits per heavy atom. The average molecular weight is 643 g/mol. The molecule has 13 heteroatoms. The van der Waals surface area contributed by atoms with Crippen molar-refractivity contribution in [1.82, 2.24) is 10.2 Å². The van der Waals surface area contributed by atoms with Crippen molar-refractivity contribution < 1.29 is 45.8 Å². The van der Waals surface area contributed by atoms with Crippen molar-refractivity contribution in [2.45, 2.75) is 50.7 Å². The summed E-state index contributed by atoms with van der Waals surface area (Å²) in [6, 6.07) is 9.10. The fourth-order valence-corrected chi connectivity index (χ4v) is 5.46. The van der Waals surface area contributed by atoms with Gasteiger partial charge in [0.25, 0.3) is 0 Å². The van der Waals surface area contributed by atoms with E-state index in [1.165, 1.54) is 12.1 Å². The quantitative estimate of drug-likeness (QED) is 0.226. The van der Waals surface area contributed by atoms with Crippen molar-refractivity contribution in [2.24, 2.45) is 0 Å². The maximum atomic E-state index is 14.0. The molecule has 3 atom stereocenters. The van der Waals surface area contributed by atoms with Gasteiger partial charge in [-0.15, -0.1) is 12.4 Å². The van der Waals surface area contributed by atoms with E-state index in [0.717, 1.165) is 40.3 Å². The van der Waals surface area contributed by atoms with Crippen LogP contribution in [-0.4, -0.2) is 58.8 Å². The first-order valence-electron chi connectivity index (χ1n) is 13.3. The summed E-state index contributed by atoms with van der Waals surface area (Å²) < 4.78 is 83.3. The number of alkyl halides is 6. The SMILES string of the molecule is Cc1ccc(CC2NCC(C(=O)c3ccccc3C(F)(F)F)N(CC(=O)O)C2C(=O)c2ccccc2C(F)(F)F)cc1C.Cl. The molecule has 1 aliphatic heterocycles. The molecule has 3 unspecified atom stereocenters. The topological polar surface area (TPSA) is 86.7 Å².